The van der Waals surface area contributed by atoms with Crippen molar-refractivity contribution >= 4 is 12.0 Å². The number of hydrogen-bond donors (Lipinski definition) is 1. The van der Waals surface area contributed by atoms with Gasteiger partial charge in [0.1, 0.15) is 11.6 Å². The highest BCUT2D eigenvalue weighted by atomic mass is 16.6. The Balaban J connectivity index is 1.91. The third-order valence-corrected chi connectivity index (χ3v) is 3.73. The topological polar surface area (TPSA) is 76.5 Å². The highest BCUT2D eigenvalue weighted by Gasteiger charge is 2.37. The molecule has 1 aliphatic heterocycles. The van der Waals surface area contributed by atoms with Crippen molar-refractivity contribution in [3.63, 3.8) is 0 Å². The Hall–Kier alpha value is -2.05. The van der Waals surface area contributed by atoms with Crippen molar-refractivity contribution in [2.24, 2.45) is 5.92 Å². The predicted molar refractivity (Wildman–Crippen MR) is 85.8 cm³/mol. The molecule has 0 unspecified atom stereocenters. The maximum Gasteiger partial charge on any atom is 0.408 e. The normalized spacial score (nSPS) is 16.9. The van der Waals surface area contributed by atoms with Gasteiger partial charge in [-0.15, -0.1) is 0 Å². The molecule has 23 heavy (non-hydrogen) atoms. The van der Waals surface area contributed by atoms with Crippen LogP contribution in [0.15, 0.2) is 18.7 Å². The van der Waals surface area contributed by atoms with Crippen LogP contribution in [0.3, 0.4) is 0 Å². The molecule has 1 N–H and O–H groups in total. The van der Waals surface area contributed by atoms with Crippen LogP contribution in [0.5, 0.6) is 0 Å². The summed E-state index contributed by atoms with van der Waals surface area (Å²) in [6.07, 6.45) is 4.82. The number of rotatable bonds is 4. The molecule has 0 aliphatic carbocycles. The molecule has 1 aromatic rings. The maximum atomic E-state index is 12.6. The largest absolute Gasteiger partial charge is 0.444 e. The summed E-state index contributed by atoms with van der Waals surface area (Å²) in [4.78, 5) is 30.3. The Labute approximate surface area is 137 Å². The van der Waals surface area contributed by atoms with E-state index in [1.54, 1.807) is 38.2 Å². The molecule has 0 aromatic carbocycles. The molecule has 2 heterocycles. The average molecular weight is 322 g/mol. The summed E-state index contributed by atoms with van der Waals surface area (Å²) in [5, 5.41) is 2.70. The van der Waals surface area contributed by atoms with Crippen LogP contribution in [-0.2, 0) is 9.53 Å². The molecule has 1 saturated heterocycles. The highest BCUT2D eigenvalue weighted by Crippen LogP contribution is 2.23. The Bertz CT molecular complexity index is 542. The Kier molecular flexibility index (Phi) is 4.97. The molecule has 1 atom stereocenters. The zero-order chi connectivity index (χ0) is 17.2. The number of nitrogens with zero attached hydrogens (tertiary/aromatic N) is 3. The molecule has 1 aliphatic rings. The fourth-order valence-electron chi connectivity index (χ4n) is 2.45. The second-order valence-corrected chi connectivity index (χ2v) is 7.27. The first-order chi connectivity index (χ1) is 10.7. The van der Waals surface area contributed by atoms with Gasteiger partial charge in [0.15, 0.2) is 0 Å². The Morgan fingerprint density at radius 1 is 1.30 bits per heavy atom. The van der Waals surface area contributed by atoms with E-state index in [-0.39, 0.29) is 17.9 Å². The van der Waals surface area contributed by atoms with Crippen LogP contribution < -0.4 is 5.32 Å². The van der Waals surface area contributed by atoms with E-state index < -0.39 is 17.7 Å². The lowest BCUT2D eigenvalue weighted by atomic mass is 9.99. The fourth-order valence-corrected chi connectivity index (χ4v) is 2.45. The number of likely N-dealkylation sites (tertiary alicyclic amines) is 1. The van der Waals surface area contributed by atoms with E-state index in [0.29, 0.717) is 13.1 Å². The quantitative estimate of drug-likeness (QED) is 0.917. The molecular weight excluding hydrogens is 296 g/mol. The second kappa shape index (κ2) is 6.60. The minimum atomic E-state index is -0.585. The lowest BCUT2D eigenvalue weighted by Crippen LogP contribution is -2.58. The summed E-state index contributed by atoms with van der Waals surface area (Å²) in [5.41, 5.74) is -0.585. The number of alkyl carbamates (subject to hydrolysis) is 1. The van der Waals surface area contributed by atoms with Crippen LogP contribution in [-0.4, -0.2) is 51.2 Å². The van der Waals surface area contributed by atoms with Gasteiger partial charge in [0.2, 0.25) is 5.91 Å². The van der Waals surface area contributed by atoms with E-state index in [9.17, 15) is 9.59 Å². The van der Waals surface area contributed by atoms with E-state index in [1.807, 2.05) is 24.6 Å². The lowest BCUT2D eigenvalue weighted by Gasteiger charge is -2.42. The molecule has 2 rings (SSSR count). The molecule has 0 spiro atoms. The summed E-state index contributed by atoms with van der Waals surface area (Å²) >= 11 is 0. The number of carbonyl (C=O) groups is 2. The predicted octanol–water partition coefficient (Wildman–Crippen LogP) is 1.82. The van der Waals surface area contributed by atoms with Gasteiger partial charge in [-0.25, -0.2) is 9.78 Å². The Morgan fingerprint density at radius 3 is 2.43 bits per heavy atom. The van der Waals surface area contributed by atoms with Crippen molar-refractivity contribution in [1.29, 1.82) is 0 Å². The van der Waals surface area contributed by atoms with Crippen molar-refractivity contribution in [2.45, 2.75) is 52.3 Å². The molecule has 7 nitrogen and oxygen atoms in total. The summed E-state index contributed by atoms with van der Waals surface area (Å²) in [5.74, 6) is -0.0791. The van der Waals surface area contributed by atoms with E-state index in [4.69, 9.17) is 4.74 Å². The standard InChI is InChI=1S/C16H26N4O3/c1-11(2)13(18-15(22)23-16(3,4)5)14(21)20-8-12(9-20)19-7-6-17-10-19/h6-7,10-13H,8-9H2,1-5H3,(H,18,22)/t13-/m0/s1. The van der Waals surface area contributed by atoms with E-state index >= 15 is 0 Å². The number of ether oxygens (including phenoxy) is 1. The minimum absolute atomic E-state index is 0.0117. The number of aromatic nitrogens is 2. The van der Waals surface area contributed by atoms with Crippen molar-refractivity contribution in [1.82, 2.24) is 19.8 Å². The molecule has 1 fully saturated rings. The summed E-state index contributed by atoms with van der Waals surface area (Å²) < 4.78 is 7.24. The van der Waals surface area contributed by atoms with Crippen molar-refractivity contribution in [2.75, 3.05) is 13.1 Å². The van der Waals surface area contributed by atoms with Gasteiger partial charge in [0, 0.05) is 25.5 Å². The smallest absolute Gasteiger partial charge is 0.408 e. The third-order valence-electron chi connectivity index (χ3n) is 3.73. The zero-order valence-corrected chi connectivity index (χ0v) is 14.4. The average Bonchev–Trinajstić information content (AvgIpc) is 2.85. The summed E-state index contributed by atoms with van der Waals surface area (Å²) in [7, 11) is 0. The van der Waals surface area contributed by atoms with E-state index in [1.165, 1.54) is 0 Å². The first-order valence-corrected chi connectivity index (χ1v) is 7.93. The summed E-state index contributed by atoms with van der Waals surface area (Å²) in [6, 6.07) is -0.315. The Morgan fingerprint density at radius 2 is 1.96 bits per heavy atom. The molecule has 0 radical (unpaired) electrons. The first-order valence-electron chi connectivity index (χ1n) is 7.93. The van der Waals surface area contributed by atoms with Gasteiger partial charge in [-0.1, -0.05) is 13.8 Å². The minimum Gasteiger partial charge on any atom is -0.444 e. The molecule has 0 bridgehead atoms. The van der Waals surface area contributed by atoms with Gasteiger partial charge in [-0.3, -0.25) is 4.79 Å². The third kappa shape index (κ3) is 4.46. The number of hydrogen-bond acceptors (Lipinski definition) is 4. The van der Waals surface area contributed by atoms with Crippen LogP contribution in [0, 0.1) is 5.92 Å². The fraction of sp³-hybridized carbons (Fsp3) is 0.688. The van der Waals surface area contributed by atoms with Crippen LogP contribution in [0.1, 0.15) is 40.7 Å². The van der Waals surface area contributed by atoms with E-state index in [0.717, 1.165) is 0 Å². The second-order valence-electron chi connectivity index (χ2n) is 7.27. The van der Waals surface area contributed by atoms with Crippen LogP contribution in [0.2, 0.25) is 0 Å². The highest BCUT2D eigenvalue weighted by molar-refractivity contribution is 5.86. The molecule has 1 aromatic heterocycles. The van der Waals surface area contributed by atoms with Gasteiger partial charge >= 0.3 is 6.09 Å². The van der Waals surface area contributed by atoms with Gasteiger partial charge in [-0.2, -0.15) is 0 Å². The number of amides is 2. The molecule has 128 valence electrons. The van der Waals surface area contributed by atoms with Crippen molar-refractivity contribution < 1.29 is 14.3 Å². The van der Waals surface area contributed by atoms with Crippen molar-refractivity contribution in [3.8, 4) is 0 Å². The summed E-state index contributed by atoms with van der Waals surface area (Å²) in [6.45, 7) is 10.5. The number of nitrogens with one attached hydrogen (secondary N) is 1. The maximum absolute atomic E-state index is 12.6. The number of carbonyl (C=O) groups excluding carboxylic acids is 2. The van der Waals surface area contributed by atoms with Gasteiger partial charge in [0.05, 0.1) is 12.4 Å². The van der Waals surface area contributed by atoms with Crippen LogP contribution in [0.4, 0.5) is 4.79 Å². The first kappa shape index (κ1) is 17.3. The van der Waals surface area contributed by atoms with Crippen LogP contribution >= 0.6 is 0 Å². The monoisotopic (exact) mass is 322 g/mol. The molecular formula is C16H26N4O3. The number of imidazole rings is 1. The molecule has 0 saturated carbocycles. The van der Waals surface area contributed by atoms with Crippen LogP contribution in [0.25, 0.3) is 0 Å². The van der Waals surface area contributed by atoms with Gasteiger partial charge in [0.25, 0.3) is 0 Å². The van der Waals surface area contributed by atoms with Gasteiger partial charge in [-0.05, 0) is 26.7 Å². The SMILES string of the molecule is CC(C)[C@H](NC(=O)OC(C)(C)C)C(=O)N1CC(n2ccnc2)C1. The van der Waals surface area contributed by atoms with Crippen molar-refractivity contribution in [3.05, 3.63) is 18.7 Å². The molecule has 7 heteroatoms. The van der Waals surface area contributed by atoms with E-state index in [2.05, 4.69) is 10.3 Å². The molecule has 2 amide bonds. The van der Waals surface area contributed by atoms with Gasteiger partial charge < -0.3 is 19.5 Å². The lowest BCUT2D eigenvalue weighted by molar-refractivity contribution is -0.140. The zero-order valence-electron chi connectivity index (χ0n) is 14.4.